The van der Waals surface area contributed by atoms with Gasteiger partial charge in [-0.15, -0.1) is 0 Å². The van der Waals surface area contributed by atoms with Gasteiger partial charge in [-0.3, -0.25) is 9.89 Å². The summed E-state index contributed by atoms with van der Waals surface area (Å²) in [6.07, 6.45) is 2.63. The fourth-order valence-corrected chi connectivity index (χ4v) is 2.70. The van der Waals surface area contributed by atoms with E-state index in [9.17, 15) is 13.2 Å². The Kier molecular flexibility index (Phi) is 5.70. The Morgan fingerprint density at radius 3 is 2.55 bits per heavy atom. The Labute approximate surface area is 119 Å². The highest BCUT2D eigenvalue weighted by atomic mass is 32.2. The summed E-state index contributed by atoms with van der Waals surface area (Å²) in [5.41, 5.74) is 3.18. The second-order valence-corrected chi connectivity index (χ2v) is 6.70. The molecular weight excluding hydrogens is 280 g/mol. The molecule has 1 rings (SSSR count). The van der Waals surface area contributed by atoms with Crippen molar-refractivity contribution in [2.24, 2.45) is 0 Å². The van der Waals surface area contributed by atoms with Gasteiger partial charge in [-0.2, -0.15) is 5.10 Å². The molecule has 0 aliphatic rings. The second-order valence-electron chi connectivity index (χ2n) is 4.92. The lowest BCUT2D eigenvalue weighted by molar-refractivity contribution is -0.122. The Hall–Kier alpha value is -1.41. The third-order valence-electron chi connectivity index (χ3n) is 2.97. The molecule has 20 heavy (non-hydrogen) atoms. The van der Waals surface area contributed by atoms with Crippen molar-refractivity contribution in [3.05, 3.63) is 17.0 Å². The molecule has 3 N–H and O–H groups in total. The number of sulfonamides is 1. The molecule has 1 aromatic rings. The van der Waals surface area contributed by atoms with Crippen LogP contribution in [0.1, 0.15) is 30.3 Å². The normalized spacial score (nSPS) is 13.2. The first-order valence-electron chi connectivity index (χ1n) is 6.46. The van der Waals surface area contributed by atoms with E-state index in [-0.39, 0.29) is 5.91 Å². The first-order valence-corrected chi connectivity index (χ1v) is 8.35. The number of nitrogens with zero attached hydrogens (tertiary/aromatic N) is 1. The molecule has 0 spiro atoms. The highest BCUT2D eigenvalue weighted by molar-refractivity contribution is 7.88. The predicted molar refractivity (Wildman–Crippen MR) is 76.8 cm³/mol. The summed E-state index contributed by atoms with van der Waals surface area (Å²) in [6, 6.07) is -0.762. The topological polar surface area (TPSA) is 104 Å². The van der Waals surface area contributed by atoms with E-state index in [1.807, 2.05) is 13.8 Å². The molecule has 1 amide bonds. The molecule has 0 saturated heterocycles. The fraction of sp³-hybridized carbons (Fsp3) is 0.667. The van der Waals surface area contributed by atoms with Gasteiger partial charge in [0.2, 0.25) is 15.9 Å². The number of nitrogens with one attached hydrogen (secondary N) is 3. The first-order chi connectivity index (χ1) is 9.20. The number of amides is 1. The van der Waals surface area contributed by atoms with Gasteiger partial charge < -0.3 is 5.32 Å². The van der Waals surface area contributed by atoms with Crippen LogP contribution in [0.4, 0.5) is 0 Å². The molecule has 0 bridgehead atoms. The van der Waals surface area contributed by atoms with E-state index < -0.39 is 16.1 Å². The van der Waals surface area contributed by atoms with Crippen molar-refractivity contribution in [2.45, 2.75) is 39.7 Å². The van der Waals surface area contributed by atoms with Gasteiger partial charge in [0.05, 0.1) is 18.0 Å². The minimum Gasteiger partial charge on any atom is -0.355 e. The number of rotatable bonds is 7. The molecule has 1 aromatic heterocycles. The van der Waals surface area contributed by atoms with Crippen LogP contribution in [0.2, 0.25) is 0 Å². The Balaban J connectivity index is 2.33. The standard InChI is InChI=1S/C12H22N4O3S/c1-8-11(9(2)15-14-8)6-5-7-13-12(17)10(3)16-20(4,18)19/h10,16H,5-7H2,1-4H3,(H,13,17)(H,14,15)/t10-/m0/s1. The van der Waals surface area contributed by atoms with E-state index in [1.54, 1.807) is 0 Å². The van der Waals surface area contributed by atoms with E-state index in [4.69, 9.17) is 0 Å². The van der Waals surface area contributed by atoms with Crippen LogP contribution < -0.4 is 10.0 Å². The molecule has 1 heterocycles. The summed E-state index contributed by atoms with van der Waals surface area (Å²) < 4.78 is 24.2. The van der Waals surface area contributed by atoms with Crippen molar-refractivity contribution >= 4 is 15.9 Å². The number of carbonyl (C=O) groups is 1. The average molecular weight is 302 g/mol. The number of aryl methyl sites for hydroxylation is 2. The minimum absolute atomic E-state index is 0.323. The highest BCUT2D eigenvalue weighted by Gasteiger charge is 2.16. The predicted octanol–water partition coefficient (Wildman–Crippen LogP) is 0.0130. The number of carbonyl (C=O) groups excluding carboxylic acids is 1. The van der Waals surface area contributed by atoms with Gasteiger partial charge in [0, 0.05) is 12.2 Å². The molecule has 0 radical (unpaired) electrons. The molecule has 0 aliphatic carbocycles. The molecule has 0 saturated carbocycles. The number of aromatic amines is 1. The average Bonchev–Trinajstić information content (AvgIpc) is 2.63. The van der Waals surface area contributed by atoms with Crippen molar-refractivity contribution in [3.63, 3.8) is 0 Å². The van der Waals surface area contributed by atoms with E-state index in [1.165, 1.54) is 12.5 Å². The summed E-state index contributed by atoms with van der Waals surface area (Å²) in [4.78, 5) is 11.7. The maximum atomic E-state index is 11.7. The molecule has 1 atom stereocenters. The Morgan fingerprint density at radius 1 is 1.40 bits per heavy atom. The first kappa shape index (κ1) is 16.6. The van der Waals surface area contributed by atoms with Crippen molar-refractivity contribution in [2.75, 3.05) is 12.8 Å². The highest BCUT2D eigenvalue weighted by Crippen LogP contribution is 2.11. The number of hydrogen-bond donors (Lipinski definition) is 3. The summed E-state index contributed by atoms with van der Waals surface area (Å²) in [5, 5.41) is 9.74. The lowest BCUT2D eigenvalue weighted by Gasteiger charge is -2.12. The SMILES string of the molecule is Cc1n[nH]c(C)c1CCCNC(=O)[C@H](C)NS(C)(=O)=O. The molecule has 8 heteroatoms. The second kappa shape index (κ2) is 6.85. The van der Waals surface area contributed by atoms with Crippen LogP contribution in [0.3, 0.4) is 0 Å². The van der Waals surface area contributed by atoms with E-state index in [2.05, 4.69) is 20.2 Å². The molecule has 7 nitrogen and oxygen atoms in total. The molecule has 0 aliphatic heterocycles. The van der Waals surface area contributed by atoms with E-state index in [0.717, 1.165) is 30.5 Å². The summed E-state index contributed by atoms with van der Waals surface area (Å²) in [5.74, 6) is -0.323. The van der Waals surface area contributed by atoms with Crippen molar-refractivity contribution in [1.29, 1.82) is 0 Å². The molecule has 0 unspecified atom stereocenters. The van der Waals surface area contributed by atoms with Crippen LogP contribution in [0.15, 0.2) is 0 Å². The zero-order valence-electron chi connectivity index (χ0n) is 12.3. The molecule has 0 aromatic carbocycles. The number of aromatic nitrogens is 2. The minimum atomic E-state index is -3.37. The molecule has 0 fully saturated rings. The summed E-state index contributed by atoms with van der Waals surface area (Å²) >= 11 is 0. The zero-order valence-corrected chi connectivity index (χ0v) is 13.1. The zero-order chi connectivity index (χ0) is 15.3. The van der Waals surface area contributed by atoms with Crippen LogP contribution >= 0.6 is 0 Å². The quantitative estimate of drug-likeness (QED) is 0.617. The van der Waals surface area contributed by atoms with Crippen LogP contribution in [-0.4, -0.2) is 43.4 Å². The van der Waals surface area contributed by atoms with Gasteiger partial charge in [0.25, 0.3) is 0 Å². The third-order valence-corrected chi connectivity index (χ3v) is 3.75. The maximum absolute atomic E-state index is 11.7. The lowest BCUT2D eigenvalue weighted by Crippen LogP contribution is -2.44. The summed E-state index contributed by atoms with van der Waals surface area (Å²) in [6.45, 7) is 5.92. The summed E-state index contributed by atoms with van der Waals surface area (Å²) in [7, 11) is -3.37. The molecule has 114 valence electrons. The number of hydrogen-bond acceptors (Lipinski definition) is 4. The van der Waals surface area contributed by atoms with Crippen LogP contribution in [0, 0.1) is 13.8 Å². The van der Waals surface area contributed by atoms with Gasteiger partial charge in [-0.25, -0.2) is 13.1 Å². The van der Waals surface area contributed by atoms with E-state index in [0.29, 0.717) is 6.54 Å². The van der Waals surface area contributed by atoms with Crippen LogP contribution in [0.5, 0.6) is 0 Å². The fourth-order valence-electron chi connectivity index (χ4n) is 1.95. The smallest absolute Gasteiger partial charge is 0.237 e. The van der Waals surface area contributed by atoms with Crippen molar-refractivity contribution < 1.29 is 13.2 Å². The number of H-pyrrole nitrogens is 1. The van der Waals surface area contributed by atoms with E-state index >= 15 is 0 Å². The van der Waals surface area contributed by atoms with Crippen LogP contribution in [0.25, 0.3) is 0 Å². The third kappa shape index (κ3) is 5.30. The monoisotopic (exact) mass is 302 g/mol. The van der Waals surface area contributed by atoms with Crippen molar-refractivity contribution in [3.8, 4) is 0 Å². The van der Waals surface area contributed by atoms with Gasteiger partial charge >= 0.3 is 0 Å². The van der Waals surface area contributed by atoms with Gasteiger partial charge in [-0.05, 0) is 39.2 Å². The Morgan fingerprint density at radius 2 is 2.05 bits per heavy atom. The van der Waals surface area contributed by atoms with Gasteiger partial charge in [0.1, 0.15) is 0 Å². The van der Waals surface area contributed by atoms with Crippen LogP contribution in [-0.2, 0) is 21.2 Å². The molecular formula is C12H22N4O3S. The van der Waals surface area contributed by atoms with Gasteiger partial charge in [-0.1, -0.05) is 0 Å². The largest absolute Gasteiger partial charge is 0.355 e. The Bertz CT molecular complexity index is 546. The van der Waals surface area contributed by atoms with Crippen molar-refractivity contribution in [1.82, 2.24) is 20.2 Å². The lowest BCUT2D eigenvalue weighted by atomic mass is 10.1. The van der Waals surface area contributed by atoms with Gasteiger partial charge in [0.15, 0.2) is 0 Å². The maximum Gasteiger partial charge on any atom is 0.237 e.